The van der Waals surface area contributed by atoms with Crippen molar-refractivity contribution in [2.45, 2.75) is 39.5 Å². The summed E-state index contributed by atoms with van der Waals surface area (Å²) in [5.41, 5.74) is 3.91. The van der Waals surface area contributed by atoms with Crippen molar-refractivity contribution in [3.8, 4) is 17.2 Å². The topological polar surface area (TPSA) is 82.8 Å². The van der Waals surface area contributed by atoms with Gasteiger partial charge in [0, 0.05) is 29.3 Å². The van der Waals surface area contributed by atoms with Gasteiger partial charge in [-0.2, -0.15) is 0 Å². The summed E-state index contributed by atoms with van der Waals surface area (Å²) in [5, 5.41) is 7.48. The first kappa shape index (κ1) is 19.4. The molecule has 7 heteroatoms. The molecule has 154 valence electrons. The third kappa shape index (κ3) is 3.05. The highest BCUT2D eigenvalue weighted by Crippen LogP contribution is 2.52. The lowest BCUT2D eigenvalue weighted by molar-refractivity contribution is -0.118. The Morgan fingerprint density at radius 3 is 2.38 bits per heavy atom. The number of hydrogen-bond acceptors (Lipinski definition) is 7. The summed E-state index contributed by atoms with van der Waals surface area (Å²) in [6, 6.07) is 3.66. The third-order valence-electron chi connectivity index (χ3n) is 5.72. The van der Waals surface area contributed by atoms with Crippen LogP contribution in [0.1, 0.15) is 49.4 Å². The van der Waals surface area contributed by atoms with Crippen molar-refractivity contribution in [3.63, 3.8) is 0 Å². The van der Waals surface area contributed by atoms with Crippen molar-refractivity contribution in [3.05, 3.63) is 40.2 Å². The lowest BCUT2D eigenvalue weighted by atomic mass is 9.69. The number of aryl methyl sites for hydroxylation is 1. The average Bonchev–Trinajstić information content (AvgIpc) is 3.04. The Hall–Kier alpha value is -2.96. The van der Waals surface area contributed by atoms with Crippen LogP contribution < -0.4 is 19.5 Å². The molecule has 1 aliphatic carbocycles. The molecule has 29 heavy (non-hydrogen) atoms. The van der Waals surface area contributed by atoms with E-state index < -0.39 is 0 Å². The fourth-order valence-corrected chi connectivity index (χ4v) is 4.46. The van der Waals surface area contributed by atoms with Crippen LogP contribution in [0.25, 0.3) is 0 Å². The number of carbonyl (C=O) groups is 1. The molecule has 0 radical (unpaired) electrons. The maximum Gasteiger partial charge on any atom is 0.233 e. The molecule has 0 amide bonds. The minimum Gasteiger partial charge on any atom is -0.496 e. The molecule has 2 aromatic rings. The van der Waals surface area contributed by atoms with Gasteiger partial charge in [0.05, 0.1) is 38.5 Å². The Morgan fingerprint density at radius 2 is 1.72 bits per heavy atom. The summed E-state index contributed by atoms with van der Waals surface area (Å²) in [7, 11) is 4.77. The number of carbonyl (C=O) groups excluding carboxylic acids is 1. The molecule has 0 saturated carbocycles. The maximum absolute atomic E-state index is 13.3. The van der Waals surface area contributed by atoms with Crippen molar-refractivity contribution < 1.29 is 23.5 Å². The van der Waals surface area contributed by atoms with Crippen LogP contribution in [-0.4, -0.2) is 32.3 Å². The van der Waals surface area contributed by atoms with E-state index in [0.717, 1.165) is 34.5 Å². The molecule has 0 fully saturated rings. The SMILES string of the molecule is COc1cc(OC)c(C2C3=C(CC(C)(C)CC3=O)Nc3onc(C)c32)cc1OC. The van der Waals surface area contributed by atoms with Gasteiger partial charge in [0.1, 0.15) is 5.75 Å². The number of hydrogen-bond donors (Lipinski definition) is 1. The molecule has 4 rings (SSSR count). The minimum atomic E-state index is -0.356. The Bertz CT molecular complexity index is 1020. The van der Waals surface area contributed by atoms with E-state index in [-0.39, 0.29) is 17.1 Å². The number of benzene rings is 1. The lowest BCUT2D eigenvalue weighted by Gasteiger charge is -2.38. The predicted octanol–water partition coefficient (Wildman–Crippen LogP) is 4.21. The molecule has 1 aromatic carbocycles. The number of fused-ring (bicyclic) bond motifs is 1. The summed E-state index contributed by atoms with van der Waals surface area (Å²) < 4.78 is 22.2. The van der Waals surface area contributed by atoms with Crippen molar-refractivity contribution in [2.24, 2.45) is 5.41 Å². The fraction of sp³-hybridized carbons (Fsp3) is 0.455. The van der Waals surface area contributed by atoms with Crippen molar-refractivity contribution >= 4 is 11.7 Å². The summed E-state index contributed by atoms with van der Waals surface area (Å²) in [4.78, 5) is 13.3. The Labute approximate surface area is 170 Å². The number of rotatable bonds is 4. The average molecular weight is 398 g/mol. The number of nitrogens with zero attached hydrogens (tertiary/aromatic N) is 1. The molecule has 1 aliphatic heterocycles. The molecule has 1 unspecified atom stereocenters. The predicted molar refractivity (Wildman–Crippen MR) is 108 cm³/mol. The van der Waals surface area contributed by atoms with Gasteiger partial charge in [-0.15, -0.1) is 0 Å². The van der Waals surface area contributed by atoms with Crippen molar-refractivity contribution in [1.82, 2.24) is 5.16 Å². The largest absolute Gasteiger partial charge is 0.496 e. The Kier molecular flexibility index (Phi) is 4.56. The molecule has 1 atom stereocenters. The molecule has 0 bridgehead atoms. The quantitative estimate of drug-likeness (QED) is 0.826. The monoisotopic (exact) mass is 398 g/mol. The van der Waals surface area contributed by atoms with Gasteiger partial charge < -0.3 is 24.1 Å². The van der Waals surface area contributed by atoms with Crippen LogP contribution in [0.3, 0.4) is 0 Å². The number of ketones is 1. The first-order valence-electron chi connectivity index (χ1n) is 9.59. The van der Waals surface area contributed by atoms with Crippen LogP contribution >= 0.6 is 0 Å². The van der Waals surface area contributed by atoms with E-state index in [2.05, 4.69) is 24.3 Å². The summed E-state index contributed by atoms with van der Waals surface area (Å²) in [6.07, 6.45) is 1.23. The van der Waals surface area contributed by atoms with Gasteiger partial charge >= 0.3 is 0 Å². The van der Waals surface area contributed by atoms with E-state index in [0.29, 0.717) is 29.6 Å². The van der Waals surface area contributed by atoms with Crippen LogP contribution in [0.4, 0.5) is 5.88 Å². The first-order valence-corrected chi connectivity index (χ1v) is 9.59. The molecular formula is C22H26N2O5. The fourth-order valence-electron chi connectivity index (χ4n) is 4.46. The van der Waals surface area contributed by atoms with E-state index in [1.54, 1.807) is 27.4 Å². The van der Waals surface area contributed by atoms with Gasteiger partial charge in [-0.3, -0.25) is 4.79 Å². The summed E-state index contributed by atoms with van der Waals surface area (Å²) in [5.74, 6) is 2.10. The highest BCUT2D eigenvalue weighted by atomic mass is 16.5. The Morgan fingerprint density at radius 1 is 1.07 bits per heavy atom. The second-order valence-corrected chi connectivity index (χ2v) is 8.35. The number of aromatic nitrogens is 1. The number of allylic oxidation sites excluding steroid dienone is 2. The highest BCUT2D eigenvalue weighted by molar-refractivity contribution is 6.01. The normalized spacial score (nSPS) is 19.9. The zero-order chi connectivity index (χ0) is 20.9. The maximum atomic E-state index is 13.3. The smallest absolute Gasteiger partial charge is 0.233 e. The standard InChI is InChI=1S/C22H26N2O5/c1-11-18-19(12-7-16(27-5)17(28-6)8-15(12)26-4)20-13(23-21(18)29-24-11)9-22(2,3)10-14(20)25/h7-8,19,23H,9-10H2,1-6H3. The number of nitrogens with one attached hydrogen (secondary N) is 1. The molecule has 7 nitrogen and oxygen atoms in total. The van der Waals surface area contributed by atoms with E-state index in [9.17, 15) is 4.79 Å². The number of methoxy groups -OCH3 is 3. The lowest BCUT2D eigenvalue weighted by Crippen LogP contribution is -2.33. The minimum absolute atomic E-state index is 0.122. The third-order valence-corrected chi connectivity index (χ3v) is 5.72. The van der Waals surface area contributed by atoms with Crippen LogP contribution in [0.15, 0.2) is 27.9 Å². The van der Waals surface area contributed by atoms with Gasteiger partial charge in [0.2, 0.25) is 5.88 Å². The van der Waals surface area contributed by atoms with Crippen LogP contribution in [0, 0.1) is 12.3 Å². The van der Waals surface area contributed by atoms with Crippen LogP contribution in [0.2, 0.25) is 0 Å². The van der Waals surface area contributed by atoms with E-state index in [1.165, 1.54) is 0 Å². The molecule has 0 spiro atoms. The molecular weight excluding hydrogens is 372 g/mol. The first-order chi connectivity index (χ1) is 13.8. The molecule has 1 aromatic heterocycles. The van der Waals surface area contributed by atoms with Gasteiger partial charge in [0.15, 0.2) is 17.3 Å². The van der Waals surface area contributed by atoms with Crippen molar-refractivity contribution in [2.75, 3.05) is 26.6 Å². The van der Waals surface area contributed by atoms with E-state index in [4.69, 9.17) is 18.7 Å². The van der Waals surface area contributed by atoms with Gasteiger partial charge in [0.25, 0.3) is 0 Å². The second kappa shape index (κ2) is 6.83. The number of Topliss-reactive ketones (excluding diaryl/α,β-unsaturated/α-hetero) is 1. The molecule has 2 aliphatic rings. The number of anilines is 1. The van der Waals surface area contributed by atoms with Gasteiger partial charge in [-0.1, -0.05) is 19.0 Å². The van der Waals surface area contributed by atoms with E-state index in [1.807, 2.05) is 13.0 Å². The zero-order valence-electron chi connectivity index (χ0n) is 17.6. The van der Waals surface area contributed by atoms with Gasteiger partial charge in [-0.05, 0) is 24.8 Å². The zero-order valence-corrected chi connectivity index (χ0v) is 17.6. The number of ether oxygens (including phenoxy) is 3. The van der Waals surface area contributed by atoms with Gasteiger partial charge in [-0.25, -0.2) is 0 Å². The van der Waals surface area contributed by atoms with Crippen molar-refractivity contribution in [1.29, 1.82) is 0 Å². The summed E-state index contributed by atoms with van der Waals surface area (Å²) >= 11 is 0. The molecule has 1 N–H and O–H groups in total. The van der Waals surface area contributed by atoms with Crippen LogP contribution in [0.5, 0.6) is 17.2 Å². The summed E-state index contributed by atoms with van der Waals surface area (Å²) in [6.45, 7) is 6.08. The second-order valence-electron chi connectivity index (χ2n) is 8.35. The molecule has 0 saturated heterocycles. The Balaban J connectivity index is 1.99. The van der Waals surface area contributed by atoms with Crippen LogP contribution in [-0.2, 0) is 4.79 Å². The van der Waals surface area contributed by atoms with E-state index >= 15 is 0 Å². The molecule has 2 heterocycles. The highest BCUT2D eigenvalue weighted by Gasteiger charge is 2.44.